The van der Waals surface area contributed by atoms with E-state index in [1.807, 2.05) is 30.3 Å². The molecule has 0 heterocycles. The zero-order chi connectivity index (χ0) is 18.3. The van der Waals surface area contributed by atoms with Crippen molar-refractivity contribution >= 4 is 12.1 Å². The van der Waals surface area contributed by atoms with Crippen molar-refractivity contribution in [3.8, 4) is 0 Å². The Morgan fingerprint density at radius 3 is 2.29 bits per heavy atom. The molecular weight excluding hydrogens is 310 g/mol. The summed E-state index contributed by atoms with van der Waals surface area (Å²) in [6.07, 6.45) is -1.24. The fourth-order valence-electron chi connectivity index (χ4n) is 2.18. The van der Waals surface area contributed by atoms with Crippen LogP contribution in [0, 0.1) is 0 Å². The second kappa shape index (κ2) is 8.68. The van der Waals surface area contributed by atoms with Crippen molar-refractivity contribution in [3.05, 3.63) is 35.9 Å². The maximum atomic E-state index is 12.2. The Morgan fingerprint density at radius 2 is 1.79 bits per heavy atom. The lowest BCUT2D eigenvalue weighted by atomic mass is 10.1. The first-order chi connectivity index (χ1) is 11.1. The number of carbonyl (C=O) groups is 2. The van der Waals surface area contributed by atoms with Crippen LogP contribution in [0.5, 0.6) is 0 Å². The number of carbonyl (C=O) groups excluding carboxylic acids is 1. The Kier molecular flexibility index (Phi) is 7.22. The van der Waals surface area contributed by atoms with Gasteiger partial charge in [0.2, 0.25) is 0 Å². The second-order valence-electron chi connectivity index (χ2n) is 6.76. The molecule has 0 aromatic heterocycles. The first-order valence-corrected chi connectivity index (χ1v) is 7.93. The second-order valence-corrected chi connectivity index (χ2v) is 6.76. The van der Waals surface area contributed by atoms with Crippen molar-refractivity contribution in [3.63, 3.8) is 0 Å². The number of carboxylic acids is 1. The highest BCUT2D eigenvalue weighted by atomic mass is 16.6. The SMILES string of the molecule is C[C@@H](OCc1ccccc1)[C@@H](CC(=O)O)N(C)C(=O)OC(C)(C)C. The Balaban J connectivity index is 2.75. The average Bonchev–Trinajstić information content (AvgIpc) is 2.48. The summed E-state index contributed by atoms with van der Waals surface area (Å²) in [6, 6.07) is 8.96. The molecule has 6 heteroatoms. The minimum absolute atomic E-state index is 0.217. The fraction of sp³-hybridized carbons (Fsp3) is 0.556. The van der Waals surface area contributed by atoms with Gasteiger partial charge in [0.1, 0.15) is 5.60 Å². The van der Waals surface area contributed by atoms with Gasteiger partial charge >= 0.3 is 12.1 Å². The molecule has 0 unspecified atom stereocenters. The number of carboxylic acid groups (broad SMARTS) is 1. The highest BCUT2D eigenvalue weighted by Gasteiger charge is 2.31. The first-order valence-electron chi connectivity index (χ1n) is 7.93. The minimum Gasteiger partial charge on any atom is -0.481 e. The standard InChI is InChI=1S/C18H27NO5/c1-13(23-12-14-9-7-6-8-10-14)15(11-16(20)21)19(5)17(22)24-18(2,3)4/h6-10,13,15H,11-12H2,1-5H3,(H,20,21)/t13-,15-/m1/s1. The summed E-state index contributed by atoms with van der Waals surface area (Å²) < 4.78 is 11.1. The highest BCUT2D eigenvalue weighted by Crippen LogP contribution is 2.17. The van der Waals surface area contributed by atoms with Gasteiger partial charge in [0.15, 0.2) is 0 Å². The normalized spacial score (nSPS) is 13.9. The topological polar surface area (TPSA) is 76.1 Å². The molecule has 0 aliphatic carbocycles. The largest absolute Gasteiger partial charge is 0.481 e. The van der Waals surface area contributed by atoms with Crippen LogP contribution in [0.1, 0.15) is 39.7 Å². The molecule has 1 aromatic rings. The summed E-state index contributed by atoms with van der Waals surface area (Å²) in [5.41, 5.74) is 0.339. The van der Waals surface area contributed by atoms with Gasteiger partial charge in [-0.1, -0.05) is 30.3 Å². The molecule has 0 saturated carbocycles. The van der Waals surface area contributed by atoms with Crippen molar-refractivity contribution in [2.45, 2.75) is 58.5 Å². The molecule has 2 atom stereocenters. The maximum absolute atomic E-state index is 12.2. The molecule has 0 fully saturated rings. The molecule has 0 radical (unpaired) electrons. The molecule has 0 spiro atoms. The number of likely N-dealkylation sites (N-methyl/N-ethyl adjacent to an activating group) is 1. The monoisotopic (exact) mass is 337 g/mol. The number of hydrogen-bond acceptors (Lipinski definition) is 4. The maximum Gasteiger partial charge on any atom is 0.410 e. The molecule has 0 aliphatic rings. The summed E-state index contributed by atoms with van der Waals surface area (Å²) in [7, 11) is 1.53. The third-order valence-electron chi connectivity index (χ3n) is 3.46. The van der Waals surface area contributed by atoms with Gasteiger partial charge in [-0.3, -0.25) is 4.79 Å². The molecule has 1 amide bonds. The number of ether oxygens (including phenoxy) is 2. The van der Waals surface area contributed by atoms with E-state index in [4.69, 9.17) is 14.6 Å². The summed E-state index contributed by atoms with van der Waals surface area (Å²) in [6.45, 7) is 7.40. The summed E-state index contributed by atoms with van der Waals surface area (Å²) >= 11 is 0. The van der Waals surface area contributed by atoms with E-state index in [1.165, 1.54) is 11.9 Å². The molecule has 6 nitrogen and oxygen atoms in total. The van der Waals surface area contributed by atoms with E-state index < -0.39 is 29.8 Å². The van der Waals surface area contributed by atoms with Crippen molar-refractivity contribution in [1.82, 2.24) is 4.90 Å². The van der Waals surface area contributed by atoms with Crippen LogP contribution in [0.15, 0.2) is 30.3 Å². The number of aliphatic carboxylic acids is 1. The molecular formula is C18H27NO5. The van der Waals surface area contributed by atoms with E-state index in [1.54, 1.807) is 27.7 Å². The molecule has 0 saturated heterocycles. The van der Waals surface area contributed by atoms with E-state index in [9.17, 15) is 9.59 Å². The van der Waals surface area contributed by atoms with Gasteiger partial charge in [-0.25, -0.2) is 4.79 Å². The lowest BCUT2D eigenvalue weighted by molar-refractivity contribution is -0.139. The number of nitrogens with zero attached hydrogens (tertiary/aromatic N) is 1. The van der Waals surface area contributed by atoms with Crippen LogP contribution in [0.25, 0.3) is 0 Å². The molecule has 1 aromatic carbocycles. The van der Waals surface area contributed by atoms with E-state index >= 15 is 0 Å². The Bertz CT molecular complexity index is 538. The first kappa shape index (κ1) is 20.0. The van der Waals surface area contributed by atoms with Crippen LogP contribution < -0.4 is 0 Å². The van der Waals surface area contributed by atoms with Gasteiger partial charge in [0.25, 0.3) is 0 Å². The quantitative estimate of drug-likeness (QED) is 0.826. The van der Waals surface area contributed by atoms with Gasteiger partial charge in [-0.15, -0.1) is 0 Å². The number of hydrogen-bond donors (Lipinski definition) is 1. The predicted molar refractivity (Wildman–Crippen MR) is 90.7 cm³/mol. The summed E-state index contributed by atoms with van der Waals surface area (Å²) in [4.78, 5) is 24.7. The third kappa shape index (κ3) is 7.00. The van der Waals surface area contributed by atoms with Gasteiger partial charge < -0.3 is 19.5 Å². The average molecular weight is 337 g/mol. The Hall–Kier alpha value is -2.08. The van der Waals surface area contributed by atoms with Crippen molar-refractivity contribution < 1.29 is 24.2 Å². The molecule has 24 heavy (non-hydrogen) atoms. The van der Waals surface area contributed by atoms with Gasteiger partial charge in [-0.2, -0.15) is 0 Å². The van der Waals surface area contributed by atoms with Gasteiger partial charge in [0.05, 0.1) is 25.2 Å². The smallest absolute Gasteiger partial charge is 0.410 e. The zero-order valence-corrected chi connectivity index (χ0v) is 15.0. The Labute approximate surface area is 143 Å². The zero-order valence-electron chi connectivity index (χ0n) is 15.0. The summed E-state index contributed by atoms with van der Waals surface area (Å²) in [5, 5.41) is 9.15. The number of rotatable bonds is 7. The van der Waals surface area contributed by atoms with Crippen molar-refractivity contribution in [1.29, 1.82) is 0 Å². The molecule has 134 valence electrons. The van der Waals surface area contributed by atoms with Gasteiger partial charge in [-0.05, 0) is 33.3 Å². The van der Waals surface area contributed by atoms with E-state index in [2.05, 4.69) is 0 Å². The Morgan fingerprint density at radius 1 is 1.21 bits per heavy atom. The fourth-order valence-corrected chi connectivity index (χ4v) is 2.18. The molecule has 0 bridgehead atoms. The van der Waals surface area contributed by atoms with E-state index in [-0.39, 0.29) is 6.42 Å². The number of benzene rings is 1. The molecule has 1 rings (SSSR count). The third-order valence-corrected chi connectivity index (χ3v) is 3.46. The van der Waals surface area contributed by atoms with Crippen molar-refractivity contribution in [2.75, 3.05) is 7.05 Å². The van der Waals surface area contributed by atoms with Crippen LogP contribution in [0.4, 0.5) is 4.79 Å². The lowest BCUT2D eigenvalue weighted by Crippen LogP contribution is -2.47. The van der Waals surface area contributed by atoms with Crippen LogP contribution >= 0.6 is 0 Å². The van der Waals surface area contributed by atoms with E-state index in [0.717, 1.165) is 5.56 Å². The van der Waals surface area contributed by atoms with Crippen LogP contribution in [0.2, 0.25) is 0 Å². The van der Waals surface area contributed by atoms with Gasteiger partial charge in [0, 0.05) is 7.05 Å². The predicted octanol–water partition coefficient (Wildman–Crippen LogP) is 3.30. The highest BCUT2D eigenvalue weighted by molar-refractivity contribution is 5.71. The van der Waals surface area contributed by atoms with Crippen LogP contribution in [-0.4, -0.2) is 46.9 Å². The van der Waals surface area contributed by atoms with Crippen LogP contribution in [0.3, 0.4) is 0 Å². The van der Waals surface area contributed by atoms with E-state index in [0.29, 0.717) is 6.61 Å². The number of amides is 1. The molecule has 0 aliphatic heterocycles. The lowest BCUT2D eigenvalue weighted by Gasteiger charge is -2.33. The minimum atomic E-state index is -0.995. The molecule has 1 N–H and O–H groups in total. The summed E-state index contributed by atoms with van der Waals surface area (Å²) in [5.74, 6) is -0.995. The van der Waals surface area contributed by atoms with Crippen LogP contribution in [-0.2, 0) is 20.9 Å². The van der Waals surface area contributed by atoms with Crippen molar-refractivity contribution in [2.24, 2.45) is 0 Å².